The molecule has 3 aromatic rings. The first kappa shape index (κ1) is 25.6. The second kappa shape index (κ2) is 11.0. The summed E-state index contributed by atoms with van der Waals surface area (Å²) in [4.78, 5) is 25.6. The molecule has 34 heavy (non-hydrogen) atoms. The predicted molar refractivity (Wildman–Crippen MR) is 126 cm³/mol. The number of esters is 1. The number of benzene rings is 1. The van der Waals surface area contributed by atoms with Crippen molar-refractivity contribution in [3.63, 3.8) is 0 Å². The molecule has 1 unspecified atom stereocenters. The Morgan fingerprint density at radius 2 is 2.00 bits per heavy atom. The number of halogens is 2. The van der Waals surface area contributed by atoms with E-state index in [2.05, 4.69) is 15.5 Å². The standard InChI is InChI=1S/C22H24F2N4O4S2/c1-6-28-19(12(3)32-16-8-7-14(23)9-15(16)24)26-27-22(28)33-10-17(29)25-20-18(21(30)31-5)11(2)13(4)34-20/h7-9,12H,6,10H2,1-5H3,(H,25,29). The summed E-state index contributed by atoms with van der Waals surface area (Å²) in [7, 11) is 1.29. The number of methoxy groups -OCH3 is 1. The number of rotatable bonds is 9. The van der Waals surface area contributed by atoms with Gasteiger partial charge in [0.25, 0.3) is 0 Å². The zero-order chi connectivity index (χ0) is 25.0. The van der Waals surface area contributed by atoms with Crippen LogP contribution in [0.3, 0.4) is 0 Å². The number of hydrogen-bond acceptors (Lipinski definition) is 8. The molecular formula is C22H24F2N4O4S2. The van der Waals surface area contributed by atoms with Crippen LogP contribution in [0.5, 0.6) is 5.75 Å². The van der Waals surface area contributed by atoms with Gasteiger partial charge in [0.05, 0.1) is 18.4 Å². The number of anilines is 1. The first-order chi connectivity index (χ1) is 16.2. The third-order valence-corrected chi connectivity index (χ3v) is 7.07. The number of nitrogens with zero attached hydrogens (tertiary/aromatic N) is 3. The lowest BCUT2D eigenvalue weighted by atomic mass is 10.1. The van der Waals surface area contributed by atoms with Gasteiger partial charge in [-0.25, -0.2) is 13.6 Å². The fourth-order valence-electron chi connectivity index (χ4n) is 3.17. The van der Waals surface area contributed by atoms with Crippen LogP contribution >= 0.6 is 23.1 Å². The van der Waals surface area contributed by atoms with E-state index in [0.29, 0.717) is 28.1 Å². The fraction of sp³-hybridized carbons (Fsp3) is 0.364. The molecule has 8 nitrogen and oxygen atoms in total. The van der Waals surface area contributed by atoms with Crippen molar-refractivity contribution in [2.75, 3.05) is 18.2 Å². The molecule has 12 heteroatoms. The zero-order valence-corrected chi connectivity index (χ0v) is 20.9. The lowest BCUT2D eigenvalue weighted by Crippen LogP contribution is -2.17. The summed E-state index contributed by atoms with van der Waals surface area (Å²) in [6.45, 7) is 7.71. The second-order valence-electron chi connectivity index (χ2n) is 7.24. The van der Waals surface area contributed by atoms with Gasteiger partial charge in [-0.05, 0) is 45.4 Å². The normalized spacial score (nSPS) is 11.9. The van der Waals surface area contributed by atoms with E-state index in [1.807, 2.05) is 13.8 Å². The predicted octanol–water partition coefficient (Wildman–Crippen LogP) is 4.91. The highest BCUT2D eigenvalue weighted by molar-refractivity contribution is 7.99. The molecule has 0 aliphatic rings. The lowest BCUT2D eigenvalue weighted by molar-refractivity contribution is -0.113. The third kappa shape index (κ3) is 5.55. The highest BCUT2D eigenvalue weighted by Crippen LogP contribution is 2.33. The summed E-state index contributed by atoms with van der Waals surface area (Å²) in [5, 5.41) is 12.0. The van der Waals surface area contributed by atoms with Crippen molar-refractivity contribution >= 4 is 40.0 Å². The smallest absolute Gasteiger partial charge is 0.341 e. The number of aryl methyl sites for hydroxylation is 1. The van der Waals surface area contributed by atoms with Crippen molar-refractivity contribution in [3.05, 3.63) is 51.7 Å². The van der Waals surface area contributed by atoms with Gasteiger partial charge in [-0.2, -0.15) is 0 Å². The summed E-state index contributed by atoms with van der Waals surface area (Å²) in [6.07, 6.45) is -0.671. The van der Waals surface area contributed by atoms with Gasteiger partial charge in [-0.3, -0.25) is 4.79 Å². The van der Waals surface area contributed by atoms with Gasteiger partial charge in [0, 0.05) is 17.5 Å². The van der Waals surface area contributed by atoms with Gasteiger partial charge < -0.3 is 19.4 Å². The summed E-state index contributed by atoms with van der Waals surface area (Å²) >= 11 is 2.47. The molecule has 0 saturated heterocycles. The Morgan fingerprint density at radius 3 is 2.65 bits per heavy atom. The topological polar surface area (TPSA) is 95.3 Å². The van der Waals surface area contributed by atoms with E-state index in [-0.39, 0.29) is 17.4 Å². The first-order valence-corrected chi connectivity index (χ1v) is 12.1. The molecule has 0 aliphatic heterocycles. The SMILES string of the molecule is CCn1c(SCC(=O)Nc2sc(C)c(C)c2C(=O)OC)nnc1C(C)Oc1ccc(F)cc1F. The Hall–Kier alpha value is -2.99. The summed E-state index contributed by atoms with van der Waals surface area (Å²) in [5.41, 5.74) is 1.11. The van der Waals surface area contributed by atoms with Gasteiger partial charge in [-0.15, -0.1) is 21.5 Å². The van der Waals surface area contributed by atoms with Gasteiger partial charge in [0.2, 0.25) is 5.91 Å². The minimum atomic E-state index is -0.814. The quantitative estimate of drug-likeness (QED) is 0.323. The van der Waals surface area contributed by atoms with Crippen LogP contribution in [0.4, 0.5) is 13.8 Å². The summed E-state index contributed by atoms with van der Waals surface area (Å²) in [6, 6.07) is 3.07. The largest absolute Gasteiger partial charge is 0.480 e. The number of carbonyl (C=O) groups is 2. The molecule has 0 bridgehead atoms. The van der Waals surface area contributed by atoms with Crippen LogP contribution in [0.2, 0.25) is 0 Å². The Morgan fingerprint density at radius 1 is 1.26 bits per heavy atom. The van der Waals surface area contributed by atoms with Crippen LogP contribution in [0, 0.1) is 25.5 Å². The third-order valence-electron chi connectivity index (χ3n) is 4.98. The number of thioether (sulfide) groups is 1. The maximum atomic E-state index is 13.9. The fourth-order valence-corrected chi connectivity index (χ4v) is 5.05. The molecule has 3 rings (SSSR count). The van der Waals surface area contributed by atoms with E-state index >= 15 is 0 Å². The Labute approximate surface area is 203 Å². The van der Waals surface area contributed by atoms with Gasteiger partial charge >= 0.3 is 5.97 Å². The molecule has 0 aliphatic carbocycles. The molecule has 1 N–H and O–H groups in total. The van der Waals surface area contributed by atoms with Crippen molar-refractivity contribution in [2.45, 2.75) is 45.5 Å². The summed E-state index contributed by atoms with van der Waals surface area (Å²) < 4.78 is 39.3. The van der Waals surface area contributed by atoms with E-state index in [0.717, 1.165) is 22.6 Å². The minimum Gasteiger partial charge on any atom is -0.480 e. The van der Waals surface area contributed by atoms with Crippen LogP contribution in [-0.2, 0) is 16.1 Å². The molecule has 1 aromatic carbocycles. The average molecular weight is 511 g/mol. The number of ether oxygens (including phenoxy) is 2. The number of amides is 1. The number of nitrogens with one attached hydrogen (secondary N) is 1. The lowest BCUT2D eigenvalue weighted by Gasteiger charge is -2.16. The van der Waals surface area contributed by atoms with Crippen molar-refractivity contribution in [1.29, 1.82) is 0 Å². The molecule has 0 radical (unpaired) electrons. The first-order valence-electron chi connectivity index (χ1n) is 10.3. The van der Waals surface area contributed by atoms with E-state index in [1.165, 1.54) is 36.3 Å². The molecule has 0 saturated carbocycles. The second-order valence-corrected chi connectivity index (χ2v) is 9.40. The van der Waals surface area contributed by atoms with Crippen LogP contribution in [0.25, 0.3) is 0 Å². The molecule has 1 atom stereocenters. The average Bonchev–Trinajstić information content (AvgIpc) is 3.33. The minimum absolute atomic E-state index is 0.0244. The van der Waals surface area contributed by atoms with E-state index < -0.39 is 23.7 Å². The van der Waals surface area contributed by atoms with Crippen LogP contribution < -0.4 is 10.1 Å². The maximum Gasteiger partial charge on any atom is 0.341 e. The Bertz CT molecular complexity index is 1210. The molecule has 1 amide bonds. The number of carbonyl (C=O) groups excluding carboxylic acids is 2. The number of hydrogen-bond donors (Lipinski definition) is 1. The molecule has 2 aromatic heterocycles. The van der Waals surface area contributed by atoms with Crippen molar-refractivity contribution < 1.29 is 27.8 Å². The van der Waals surface area contributed by atoms with E-state index in [4.69, 9.17) is 9.47 Å². The van der Waals surface area contributed by atoms with Crippen molar-refractivity contribution in [3.8, 4) is 5.75 Å². The van der Waals surface area contributed by atoms with E-state index in [9.17, 15) is 18.4 Å². The Kier molecular flexibility index (Phi) is 8.26. The highest BCUT2D eigenvalue weighted by atomic mass is 32.2. The highest BCUT2D eigenvalue weighted by Gasteiger charge is 2.23. The van der Waals surface area contributed by atoms with Gasteiger partial charge in [0.1, 0.15) is 10.8 Å². The van der Waals surface area contributed by atoms with Crippen LogP contribution in [-0.4, -0.2) is 39.5 Å². The molecule has 0 spiro atoms. The molecular weight excluding hydrogens is 486 g/mol. The molecule has 182 valence electrons. The van der Waals surface area contributed by atoms with Gasteiger partial charge in [-0.1, -0.05) is 11.8 Å². The Balaban J connectivity index is 1.69. The van der Waals surface area contributed by atoms with E-state index in [1.54, 1.807) is 18.4 Å². The monoisotopic (exact) mass is 510 g/mol. The van der Waals surface area contributed by atoms with Crippen LogP contribution in [0.1, 0.15) is 46.6 Å². The van der Waals surface area contributed by atoms with Crippen molar-refractivity contribution in [1.82, 2.24) is 14.8 Å². The number of aromatic nitrogens is 3. The molecule has 0 fully saturated rings. The van der Waals surface area contributed by atoms with Crippen molar-refractivity contribution in [2.24, 2.45) is 0 Å². The molecule has 2 heterocycles. The summed E-state index contributed by atoms with van der Waals surface area (Å²) in [5.74, 6) is -1.98. The maximum absolute atomic E-state index is 13.9. The number of thiophene rings is 1. The van der Waals surface area contributed by atoms with Crippen LogP contribution in [0.15, 0.2) is 23.4 Å². The van der Waals surface area contributed by atoms with Gasteiger partial charge in [0.15, 0.2) is 28.7 Å². The zero-order valence-electron chi connectivity index (χ0n) is 19.3.